The average Bonchev–Trinajstić information content (AvgIpc) is 3.39. The predicted molar refractivity (Wildman–Crippen MR) is 122 cm³/mol. The van der Waals surface area contributed by atoms with Crippen molar-refractivity contribution >= 4 is 11.0 Å². The van der Waals surface area contributed by atoms with Crippen LogP contribution in [0.4, 0.5) is 4.39 Å². The van der Waals surface area contributed by atoms with Gasteiger partial charge in [-0.2, -0.15) is 5.10 Å². The summed E-state index contributed by atoms with van der Waals surface area (Å²) in [6.45, 7) is 0.0709. The number of aromatic nitrogens is 5. The number of benzene rings is 2. The van der Waals surface area contributed by atoms with E-state index in [4.69, 9.17) is 4.74 Å². The van der Waals surface area contributed by atoms with E-state index < -0.39 is 6.67 Å². The first-order chi connectivity index (χ1) is 15.7. The zero-order valence-electron chi connectivity index (χ0n) is 17.6. The van der Waals surface area contributed by atoms with Crippen LogP contribution < -0.4 is 4.74 Å². The first-order valence-electron chi connectivity index (χ1n) is 10.4. The highest BCUT2D eigenvalue weighted by Gasteiger charge is 2.13. The molecule has 7 heteroatoms. The molecule has 0 aliphatic heterocycles. The Morgan fingerprint density at radius 1 is 0.938 bits per heavy atom. The summed E-state index contributed by atoms with van der Waals surface area (Å²) in [5.41, 5.74) is 5.76. The molecule has 3 aromatic heterocycles. The third kappa shape index (κ3) is 3.85. The van der Waals surface area contributed by atoms with Gasteiger partial charge in [0.1, 0.15) is 30.5 Å². The predicted octanol–water partition coefficient (Wildman–Crippen LogP) is 5.05. The Labute approximate surface area is 184 Å². The molecule has 0 bridgehead atoms. The summed E-state index contributed by atoms with van der Waals surface area (Å²) in [5, 5.41) is 4.64. The van der Waals surface area contributed by atoms with Gasteiger partial charge in [0.05, 0.1) is 17.6 Å². The van der Waals surface area contributed by atoms with Crippen LogP contribution in [0.25, 0.3) is 33.4 Å². The number of alkyl halides is 1. The SMILES string of the molecule is Cn1cc(-c2ccncc2)c(-c2ccc(OCc3nc4ccccc4n3CCF)cc2)n1. The fraction of sp³-hybridized carbons (Fsp3) is 0.160. The van der Waals surface area contributed by atoms with Crippen LogP contribution in [0.5, 0.6) is 5.75 Å². The van der Waals surface area contributed by atoms with Crippen molar-refractivity contribution in [2.75, 3.05) is 6.67 Å². The molecular formula is C25H22FN5O. The van der Waals surface area contributed by atoms with Crippen LogP contribution in [0.3, 0.4) is 0 Å². The van der Waals surface area contributed by atoms with E-state index >= 15 is 0 Å². The molecule has 160 valence electrons. The standard InChI is InChI=1S/C25H22FN5O/c1-30-16-21(18-10-13-27-14-11-18)25(29-30)19-6-8-20(9-7-19)32-17-24-28-22-4-2-3-5-23(22)31(24)15-12-26/h2-11,13-14,16H,12,15,17H2,1H3. The van der Waals surface area contributed by atoms with E-state index in [-0.39, 0.29) is 13.2 Å². The monoisotopic (exact) mass is 427 g/mol. The van der Waals surface area contributed by atoms with E-state index in [0.717, 1.165) is 33.4 Å². The van der Waals surface area contributed by atoms with Gasteiger partial charge in [-0.25, -0.2) is 9.37 Å². The number of rotatable bonds is 7. The first-order valence-corrected chi connectivity index (χ1v) is 10.4. The molecule has 0 spiro atoms. The quantitative estimate of drug-likeness (QED) is 0.365. The molecule has 0 N–H and O–H groups in total. The van der Waals surface area contributed by atoms with E-state index in [1.165, 1.54) is 0 Å². The molecule has 0 amide bonds. The normalized spacial score (nSPS) is 11.2. The Morgan fingerprint density at radius 3 is 2.50 bits per heavy atom. The Hall–Kier alpha value is -4.00. The molecule has 6 nitrogen and oxygen atoms in total. The van der Waals surface area contributed by atoms with Crippen molar-refractivity contribution in [2.45, 2.75) is 13.2 Å². The number of para-hydroxylation sites is 2. The lowest BCUT2D eigenvalue weighted by molar-refractivity contribution is 0.287. The van der Waals surface area contributed by atoms with Gasteiger partial charge < -0.3 is 9.30 Å². The second-order valence-corrected chi connectivity index (χ2v) is 7.47. The zero-order chi connectivity index (χ0) is 21.9. The largest absolute Gasteiger partial charge is 0.486 e. The van der Waals surface area contributed by atoms with Crippen LogP contribution in [0.2, 0.25) is 0 Å². The van der Waals surface area contributed by atoms with Gasteiger partial charge in [-0.1, -0.05) is 12.1 Å². The van der Waals surface area contributed by atoms with Crippen molar-refractivity contribution in [3.05, 3.63) is 85.1 Å². The Bertz CT molecular complexity index is 1340. The van der Waals surface area contributed by atoms with Crippen molar-refractivity contribution < 1.29 is 9.13 Å². The summed E-state index contributed by atoms with van der Waals surface area (Å²) < 4.78 is 22.8. The highest BCUT2D eigenvalue weighted by Crippen LogP contribution is 2.31. The lowest BCUT2D eigenvalue weighted by Gasteiger charge is -2.09. The smallest absolute Gasteiger partial charge is 0.148 e. The Morgan fingerprint density at radius 2 is 1.72 bits per heavy atom. The van der Waals surface area contributed by atoms with Crippen molar-refractivity contribution in [1.29, 1.82) is 0 Å². The molecule has 0 aliphatic rings. The van der Waals surface area contributed by atoms with E-state index in [0.29, 0.717) is 11.6 Å². The molecule has 0 saturated carbocycles. The maximum absolute atomic E-state index is 13.1. The Balaban J connectivity index is 1.37. The summed E-state index contributed by atoms with van der Waals surface area (Å²) in [7, 11) is 1.91. The third-order valence-electron chi connectivity index (χ3n) is 5.36. The van der Waals surface area contributed by atoms with Crippen LogP contribution in [0.15, 0.2) is 79.3 Å². The maximum Gasteiger partial charge on any atom is 0.148 e. The molecule has 0 radical (unpaired) electrons. The number of imidazole rings is 1. The molecule has 32 heavy (non-hydrogen) atoms. The molecule has 0 atom stereocenters. The molecule has 2 aromatic carbocycles. The van der Waals surface area contributed by atoms with E-state index in [1.807, 2.05) is 83.2 Å². The lowest BCUT2D eigenvalue weighted by atomic mass is 10.0. The van der Waals surface area contributed by atoms with Crippen LogP contribution in [-0.4, -0.2) is 31.0 Å². The lowest BCUT2D eigenvalue weighted by Crippen LogP contribution is -2.08. The summed E-state index contributed by atoms with van der Waals surface area (Å²) in [5.74, 6) is 1.42. The minimum Gasteiger partial charge on any atom is -0.486 e. The van der Waals surface area contributed by atoms with Crippen molar-refractivity contribution in [3.8, 4) is 28.1 Å². The Kier molecular flexibility index (Phi) is 5.37. The van der Waals surface area contributed by atoms with Gasteiger partial charge in [-0.15, -0.1) is 0 Å². The van der Waals surface area contributed by atoms with Gasteiger partial charge in [-0.3, -0.25) is 9.67 Å². The van der Waals surface area contributed by atoms with Crippen LogP contribution >= 0.6 is 0 Å². The molecule has 0 saturated heterocycles. The van der Waals surface area contributed by atoms with Crippen molar-refractivity contribution in [3.63, 3.8) is 0 Å². The number of fused-ring (bicyclic) bond motifs is 1. The number of nitrogens with zero attached hydrogens (tertiary/aromatic N) is 5. The number of pyridine rings is 1. The van der Waals surface area contributed by atoms with Gasteiger partial charge in [0.15, 0.2) is 0 Å². The van der Waals surface area contributed by atoms with Crippen LogP contribution in [0.1, 0.15) is 5.82 Å². The first kappa shape index (κ1) is 19.9. The van der Waals surface area contributed by atoms with Gasteiger partial charge >= 0.3 is 0 Å². The molecule has 0 fully saturated rings. The summed E-state index contributed by atoms with van der Waals surface area (Å²) >= 11 is 0. The average molecular weight is 427 g/mol. The molecule has 0 unspecified atom stereocenters. The minimum absolute atomic E-state index is 0.260. The molecule has 5 rings (SSSR count). The molecular weight excluding hydrogens is 405 g/mol. The van der Waals surface area contributed by atoms with Gasteiger partial charge in [0, 0.05) is 36.8 Å². The second-order valence-electron chi connectivity index (χ2n) is 7.47. The fourth-order valence-electron chi connectivity index (χ4n) is 3.87. The topological polar surface area (TPSA) is 57.8 Å². The second kappa shape index (κ2) is 8.63. The number of hydrogen-bond donors (Lipinski definition) is 0. The fourth-order valence-corrected chi connectivity index (χ4v) is 3.87. The number of aryl methyl sites for hydroxylation is 2. The van der Waals surface area contributed by atoms with E-state index in [1.54, 1.807) is 12.4 Å². The third-order valence-corrected chi connectivity index (χ3v) is 5.36. The summed E-state index contributed by atoms with van der Waals surface area (Å²) in [6, 6.07) is 19.5. The number of hydrogen-bond acceptors (Lipinski definition) is 4. The zero-order valence-corrected chi connectivity index (χ0v) is 17.6. The summed E-state index contributed by atoms with van der Waals surface area (Å²) in [6.07, 6.45) is 5.56. The van der Waals surface area contributed by atoms with E-state index in [9.17, 15) is 4.39 Å². The minimum atomic E-state index is -0.452. The maximum atomic E-state index is 13.1. The highest BCUT2D eigenvalue weighted by atomic mass is 19.1. The van der Waals surface area contributed by atoms with Gasteiger partial charge in [0.25, 0.3) is 0 Å². The van der Waals surface area contributed by atoms with Crippen LogP contribution in [-0.2, 0) is 20.2 Å². The van der Waals surface area contributed by atoms with Gasteiger partial charge in [0.2, 0.25) is 0 Å². The number of ether oxygens (including phenoxy) is 1. The van der Waals surface area contributed by atoms with E-state index in [2.05, 4.69) is 15.1 Å². The highest BCUT2D eigenvalue weighted by molar-refractivity contribution is 5.80. The molecule has 0 aliphatic carbocycles. The molecule has 5 aromatic rings. The van der Waals surface area contributed by atoms with Crippen molar-refractivity contribution in [1.82, 2.24) is 24.3 Å². The number of halogens is 1. The van der Waals surface area contributed by atoms with Crippen LogP contribution in [0, 0.1) is 0 Å². The van der Waals surface area contributed by atoms with Gasteiger partial charge in [-0.05, 0) is 54.1 Å². The van der Waals surface area contributed by atoms with Crippen molar-refractivity contribution in [2.24, 2.45) is 7.05 Å². The molecule has 3 heterocycles. The summed E-state index contributed by atoms with van der Waals surface area (Å²) in [4.78, 5) is 8.71.